The van der Waals surface area contributed by atoms with Crippen LogP contribution in [-0.2, 0) is 4.74 Å². The van der Waals surface area contributed by atoms with E-state index in [9.17, 15) is 0 Å². The third-order valence-electron chi connectivity index (χ3n) is 1.56. The van der Waals surface area contributed by atoms with Crippen molar-refractivity contribution in [3.05, 3.63) is 0 Å². The molecule has 0 aromatic heterocycles. The molecule has 2 nitrogen and oxygen atoms in total. The minimum atomic E-state index is -0.337. The number of alkyl halides is 1. The minimum absolute atomic E-state index is 0.125. The molecule has 0 radical (unpaired) electrons. The summed E-state index contributed by atoms with van der Waals surface area (Å²) in [7, 11) is 0. The van der Waals surface area contributed by atoms with Gasteiger partial charge in [0.2, 0.25) is 0 Å². The molecular weight excluding hydrogens is 140 g/mol. The molecule has 1 saturated heterocycles. The summed E-state index contributed by atoms with van der Waals surface area (Å²) in [4.78, 5) is 0. The van der Waals surface area contributed by atoms with Gasteiger partial charge in [-0.3, -0.25) is 0 Å². The average molecular weight is 151 g/mol. The number of hydrogen-bond acceptors (Lipinski definition) is 2. The third kappa shape index (κ3) is 1.81. The van der Waals surface area contributed by atoms with E-state index in [4.69, 9.17) is 21.4 Å². The fraction of sp³-hybridized carbons (Fsp3) is 1.00. The summed E-state index contributed by atoms with van der Waals surface area (Å²) in [6.07, 6.45) is 1.32. The van der Waals surface area contributed by atoms with Gasteiger partial charge < -0.3 is 9.84 Å². The molecule has 1 rings (SSSR count). The summed E-state index contributed by atoms with van der Waals surface area (Å²) >= 11 is 5.49. The number of halogens is 1. The molecule has 0 aromatic rings. The minimum Gasteiger partial charge on any atom is -0.390 e. The van der Waals surface area contributed by atoms with E-state index in [0.717, 1.165) is 19.4 Å². The quantitative estimate of drug-likeness (QED) is 0.560. The van der Waals surface area contributed by atoms with Gasteiger partial charge in [0.05, 0.1) is 18.1 Å². The zero-order chi connectivity index (χ0) is 6.69. The Hall–Kier alpha value is 0.210. The van der Waals surface area contributed by atoms with Crippen LogP contribution < -0.4 is 0 Å². The van der Waals surface area contributed by atoms with Crippen molar-refractivity contribution in [3.8, 4) is 0 Å². The fourth-order valence-corrected chi connectivity index (χ4v) is 1.27. The van der Waals surface area contributed by atoms with Gasteiger partial charge in [-0.15, -0.1) is 11.6 Å². The fourth-order valence-electron chi connectivity index (χ4n) is 0.972. The predicted molar refractivity (Wildman–Crippen MR) is 35.7 cm³/mol. The summed E-state index contributed by atoms with van der Waals surface area (Å²) in [5, 5.41) is 9.16. The second-order valence-electron chi connectivity index (χ2n) is 2.27. The molecule has 2 atom stereocenters. The Labute approximate surface area is 59.8 Å². The average Bonchev–Trinajstić information content (AvgIpc) is 1.89. The van der Waals surface area contributed by atoms with E-state index < -0.39 is 0 Å². The largest absolute Gasteiger partial charge is 0.390 e. The van der Waals surface area contributed by atoms with Crippen LogP contribution in [0.15, 0.2) is 0 Å². The van der Waals surface area contributed by atoms with Gasteiger partial charge in [0, 0.05) is 6.61 Å². The molecule has 0 aromatic carbocycles. The molecular formula is C6H11ClO2. The van der Waals surface area contributed by atoms with Crippen molar-refractivity contribution in [2.24, 2.45) is 0 Å². The first-order valence-electron chi connectivity index (χ1n) is 3.20. The molecule has 1 aliphatic heterocycles. The summed E-state index contributed by atoms with van der Waals surface area (Å²) < 4.78 is 5.16. The first-order chi connectivity index (χ1) is 4.34. The predicted octanol–water partition coefficient (Wildman–Crippen LogP) is 0.765. The molecule has 0 spiro atoms. The number of ether oxygens (including phenoxy) is 1. The molecule has 9 heavy (non-hydrogen) atoms. The van der Waals surface area contributed by atoms with Crippen LogP contribution in [0.1, 0.15) is 12.8 Å². The SMILES string of the molecule is O[C@H]1CCCO[C@@H]1CCl. The van der Waals surface area contributed by atoms with Crippen LogP contribution in [-0.4, -0.2) is 29.8 Å². The van der Waals surface area contributed by atoms with Gasteiger partial charge in [0.15, 0.2) is 0 Å². The van der Waals surface area contributed by atoms with E-state index >= 15 is 0 Å². The van der Waals surface area contributed by atoms with Crippen LogP contribution in [0.2, 0.25) is 0 Å². The van der Waals surface area contributed by atoms with Gasteiger partial charge in [0.25, 0.3) is 0 Å². The number of rotatable bonds is 1. The van der Waals surface area contributed by atoms with Crippen LogP contribution in [0.5, 0.6) is 0 Å². The van der Waals surface area contributed by atoms with Gasteiger partial charge in [0.1, 0.15) is 0 Å². The standard InChI is InChI=1S/C6H11ClO2/c7-4-6-5(8)2-1-3-9-6/h5-6,8H,1-4H2/t5-,6+/m0/s1. The molecule has 1 aliphatic rings. The Morgan fingerprint density at radius 1 is 1.67 bits per heavy atom. The molecule has 0 aliphatic carbocycles. The Kier molecular flexibility index (Phi) is 2.76. The third-order valence-corrected chi connectivity index (χ3v) is 1.86. The summed E-state index contributed by atoms with van der Waals surface area (Å²) in [5.74, 6) is 0.404. The lowest BCUT2D eigenvalue weighted by molar-refractivity contribution is -0.0615. The lowest BCUT2D eigenvalue weighted by atomic mass is 10.1. The highest BCUT2D eigenvalue weighted by Crippen LogP contribution is 2.14. The van der Waals surface area contributed by atoms with Crippen LogP contribution in [0.4, 0.5) is 0 Å². The van der Waals surface area contributed by atoms with Gasteiger partial charge in [-0.1, -0.05) is 0 Å². The first kappa shape index (κ1) is 7.32. The van der Waals surface area contributed by atoms with Crippen LogP contribution in [0.3, 0.4) is 0 Å². The summed E-state index contributed by atoms with van der Waals surface area (Å²) in [6.45, 7) is 0.744. The normalized spacial score (nSPS) is 36.7. The molecule has 0 unspecified atom stereocenters. The zero-order valence-corrected chi connectivity index (χ0v) is 5.97. The molecule has 54 valence electrons. The molecule has 1 fully saturated rings. The van der Waals surface area contributed by atoms with Gasteiger partial charge in [-0.25, -0.2) is 0 Å². The van der Waals surface area contributed by atoms with Crippen molar-refractivity contribution >= 4 is 11.6 Å². The van der Waals surface area contributed by atoms with Crippen molar-refractivity contribution in [2.75, 3.05) is 12.5 Å². The molecule has 0 bridgehead atoms. The van der Waals surface area contributed by atoms with Crippen molar-refractivity contribution < 1.29 is 9.84 Å². The van der Waals surface area contributed by atoms with E-state index in [2.05, 4.69) is 0 Å². The first-order valence-corrected chi connectivity index (χ1v) is 3.73. The van der Waals surface area contributed by atoms with Crippen molar-refractivity contribution in [2.45, 2.75) is 25.0 Å². The molecule has 1 heterocycles. The van der Waals surface area contributed by atoms with Crippen LogP contribution in [0.25, 0.3) is 0 Å². The second-order valence-corrected chi connectivity index (χ2v) is 2.58. The summed E-state index contributed by atoms with van der Waals surface area (Å²) in [5.41, 5.74) is 0. The van der Waals surface area contributed by atoms with Crippen LogP contribution >= 0.6 is 11.6 Å². The highest BCUT2D eigenvalue weighted by molar-refractivity contribution is 6.18. The number of hydrogen-bond donors (Lipinski definition) is 1. The van der Waals surface area contributed by atoms with E-state index in [1.807, 2.05) is 0 Å². The van der Waals surface area contributed by atoms with Crippen molar-refractivity contribution in [1.29, 1.82) is 0 Å². The van der Waals surface area contributed by atoms with Gasteiger partial charge in [-0.2, -0.15) is 0 Å². The molecule has 0 amide bonds. The van der Waals surface area contributed by atoms with E-state index in [1.54, 1.807) is 0 Å². The number of aliphatic hydroxyl groups excluding tert-OH is 1. The number of aliphatic hydroxyl groups is 1. The van der Waals surface area contributed by atoms with E-state index in [-0.39, 0.29) is 12.2 Å². The molecule has 0 saturated carbocycles. The Morgan fingerprint density at radius 3 is 2.89 bits per heavy atom. The molecule has 1 N–H and O–H groups in total. The van der Waals surface area contributed by atoms with E-state index in [1.165, 1.54) is 0 Å². The van der Waals surface area contributed by atoms with Gasteiger partial charge >= 0.3 is 0 Å². The highest BCUT2D eigenvalue weighted by Gasteiger charge is 2.22. The zero-order valence-electron chi connectivity index (χ0n) is 5.22. The maximum atomic E-state index is 9.16. The Morgan fingerprint density at radius 2 is 2.44 bits per heavy atom. The highest BCUT2D eigenvalue weighted by atomic mass is 35.5. The Balaban J connectivity index is 2.30. The lowest BCUT2D eigenvalue weighted by Gasteiger charge is -2.25. The monoisotopic (exact) mass is 150 g/mol. The van der Waals surface area contributed by atoms with Crippen molar-refractivity contribution in [1.82, 2.24) is 0 Å². The van der Waals surface area contributed by atoms with Gasteiger partial charge in [-0.05, 0) is 12.8 Å². The lowest BCUT2D eigenvalue weighted by Crippen LogP contribution is -2.35. The van der Waals surface area contributed by atoms with Crippen molar-refractivity contribution in [3.63, 3.8) is 0 Å². The Bertz CT molecular complexity index is 87.1. The maximum absolute atomic E-state index is 9.16. The summed E-state index contributed by atoms with van der Waals surface area (Å²) in [6, 6.07) is 0. The maximum Gasteiger partial charge on any atom is 0.0968 e. The van der Waals surface area contributed by atoms with Crippen LogP contribution in [0, 0.1) is 0 Å². The van der Waals surface area contributed by atoms with E-state index in [0.29, 0.717) is 5.88 Å². The molecule has 3 heteroatoms. The topological polar surface area (TPSA) is 29.5 Å². The smallest absolute Gasteiger partial charge is 0.0968 e. The second kappa shape index (κ2) is 3.40.